The first-order valence-electron chi connectivity index (χ1n) is 8.35. The van der Waals surface area contributed by atoms with Crippen LogP contribution in [0.2, 0.25) is 0 Å². The molecule has 0 aromatic rings. The first kappa shape index (κ1) is 18.0. The van der Waals surface area contributed by atoms with Gasteiger partial charge in [0.05, 0.1) is 0 Å². The summed E-state index contributed by atoms with van der Waals surface area (Å²) in [5.41, 5.74) is -0.446. The predicted molar refractivity (Wildman–Crippen MR) is 84.3 cm³/mol. The Hall–Kier alpha value is -1.06. The first-order chi connectivity index (χ1) is 9.92. The van der Waals surface area contributed by atoms with E-state index in [1.807, 2.05) is 20.8 Å². The molecule has 122 valence electrons. The Morgan fingerprint density at radius 2 is 1.43 bits per heavy atom. The van der Waals surface area contributed by atoms with Crippen LogP contribution in [0.25, 0.3) is 0 Å². The highest BCUT2D eigenvalue weighted by Crippen LogP contribution is 2.18. The van der Waals surface area contributed by atoms with Crippen molar-refractivity contribution in [1.82, 2.24) is 4.90 Å². The summed E-state index contributed by atoms with van der Waals surface area (Å²) < 4.78 is 5.24. The average molecular weight is 297 g/mol. The molecule has 0 atom stereocenters. The van der Waals surface area contributed by atoms with Crippen LogP contribution in [0.4, 0.5) is 4.79 Å². The molecular weight excluding hydrogens is 266 g/mol. The van der Waals surface area contributed by atoms with Gasteiger partial charge < -0.3 is 14.4 Å². The molecule has 1 heterocycles. The number of carbonyl (C=O) groups excluding carboxylic acids is 2. The summed E-state index contributed by atoms with van der Waals surface area (Å²) in [7, 11) is 0. The minimum absolute atomic E-state index is 0.115. The topological polar surface area (TPSA) is 46.6 Å². The van der Waals surface area contributed by atoms with Crippen LogP contribution in [0.1, 0.15) is 72.1 Å². The first-order valence-corrected chi connectivity index (χ1v) is 8.35. The molecule has 2 rings (SSSR count). The van der Waals surface area contributed by atoms with Crippen LogP contribution in [0, 0.1) is 5.92 Å². The van der Waals surface area contributed by atoms with Gasteiger partial charge in [0.15, 0.2) is 0 Å². The molecule has 0 unspecified atom stereocenters. The Morgan fingerprint density at radius 1 is 1.00 bits per heavy atom. The van der Waals surface area contributed by atoms with E-state index in [0.29, 0.717) is 13.1 Å². The standard InChI is InChI=1S/C11H19NO3.C6H12/c1-11(2,3)15-10(14)12-6-4-9(8-13)5-7-12;1-2-4-6-5-3-1/h8-9H,4-7H2,1-3H3;1-6H2. The van der Waals surface area contributed by atoms with E-state index in [0.717, 1.165) is 19.1 Å². The Bertz CT molecular complexity index is 299. The second kappa shape index (κ2) is 9.06. The number of ether oxygens (including phenoxy) is 1. The van der Waals surface area contributed by atoms with E-state index in [2.05, 4.69) is 0 Å². The van der Waals surface area contributed by atoms with Gasteiger partial charge in [0.2, 0.25) is 0 Å². The minimum Gasteiger partial charge on any atom is -0.444 e. The summed E-state index contributed by atoms with van der Waals surface area (Å²) in [4.78, 5) is 23.8. The summed E-state index contributed by atoms with van der Waals surface area (Å²) in [6.07, 6.45) is 11.2. The van der Waals surface area contributed by atoms with Crippen LogP contribution >= 0.6 is 0 Å². The van der Waals surface area contributed by atoms with Crippen molar-refractivity contribution >= 4 is 12.4 Å². The van der Waals surface area contributed by atoms with Crippen molar-refractivity contribution in [2.75, 3.05) is 13.1 Å². The van der Waals surface area contributed by atoms with Crippen molar-refractivity contribution in [3.63, 3.8) is 0 Å². The van der Waals surface area contributed by atoms with E-state index in [9.17, 15) is 9.59 Å². The molecule has 0 bridgehead atoms. The molecule has 1 aliphatic heterocycles. The third-order valence-corrected chi connectivity index (χ3v) is 3.88. The number of piperidine rings is 1. The molecule has 0 aromatic carbocycles. The van der Waals surface area contributed by atoms with Crippen LogP contribution in [-0.4, -0.2) is 36.0 Å². The second-order valence-electron chi connectivity index (χ2n) is 7.06. The quantitative estimate of drug-likeness (QED) is 0.682. The van der Waals surface area contributed by atoms with Crippen LogP contribution in [0.5, 0.6) is 0 Å². The lowest BCUT2D eigenvalue weighted by Gasteiger charge is -2.31. The Labute approximate surface area is 129 Å². The van der Waals surface area contributed by atoms with Crippen molar-refractivity contribution < 1.29 is 14.3 Å². The minimum atomic E-state index is -0.446. The smallest absolute Gasteiger partial charge is 0.410 e. The van der Waals surface area contributed by atoms with Crippen molar-refractivity contribution in [2.24, 2.45) is 5.92 Å². The number of aldehydes is 1. The highest BCUT2D eigenvalue weighted by molar-refractivity contribution is 5.68. The van der Waals surface area contributed by atoms with Gasteiger partial charge in [-0.1, -0.05) is 38.5 Å². The maximum absolute atomic E-state index is 11.6. The zero-order valence-corrected chi connectivity index (χ0v) is 13.9. The Balaban J connectivity index is 0.000000304. The van der Waals surface area contributed by atoms with Gasteiger partial charge in [0.1, 0.15) is 11.9 Å². The van der Waals surface area contributed by atoms with Crippen LogP contribution < -0.4 is 0 Å². The molecule has 0 N–H and O–H groups in total. The van der Waals surface area contributed by atoms with Crippen LogP contribution in [-0.2, 0) is 9.53 Å². The van der Waals surface area contributed by atoms with Crippen LogP contribution in [0.3, 0.4) is 0 Å². The molecular formula is C17H31NO3. The van der Waals surface area contributed by atoms with Crippen molar-refractivity contribution in [2.45, 2.75) is 77.7 Å². The largest absolute Gasteiger partial charge is 0.444 e. The van der Waals surface area contributed by atoms with E-state index >= 15 is 0 Å². The van der Waals surface area contributed by atoms with E-state index in [1.165, 1.54) is 38.5 Å². The summed E-state index contributed by atoms with van der Waals surface area (Å²) in [5, 5.41) is 0. The number of carbonyl (C=O) groups is 2. The molecule has 2 aliphatic rings. The fourth-order valence-electron chi connectivity index (χ4n) is 2.61. The number of amides is 1. The number of likely N-dealkylation sites (tertiary alicyclic amines) is 1. The lowest BCUT2D eigenvalue weighted by atomic mass is 9.99. The Morgan fingerprint density at radius 3 is 1.76 bits per heavy atom. The van der Waals surface area contributed by atoms with Crippen molar-refractivity contribution in [1.29, 1.82) is 0 Å². The molecule has 0 aromatic heterocycles. The molecule has 1 amide bonds. The number of rotatable bonds is 1. The van der Waals surface area contributed by atoms with Gasteiger partial charge in [-0.2, -0.15) is 0 Å². The normalized spacial score (nSPS) is 20.2. The van der Waals surface area contributed by atoms with Crippen molar-refractivity contribution in [3.8, 4) is 0 Å². The number of hydrogen-bond donors (Lipinski definition) is 0. The van der Waals surface area contributed by atoms with Crippen molar-refractivity contribution in [3.05, 3.63) is 0 Å². The predicted octanol–water partition coefficient (Wildman–Crippen LogP) is 4.17. The molecule has 1 saturated carbocycles. The molecule has 0 radical (unpaired) electrons. The molecule has 4 heteroatoms. The molecule has 1 saturated heterocycles. The summed E-state index contributed by atoms with van der Waals surface area (Å²) in [6, 6.07) is 0. The van der Waals surface area contributed by atoms with Gasteiger partial charge in [-0.15, -0.1) is 0 Å². The summed E-state index contributed by atoms with van der Waals surface area (Å²) in [5.74, 6) is 0.115. The van der Waals surface area contributed by atoms with Gasteiger partial charge in [-0.25, -0.2) is 4.79 Å². The van der Waals surface area contributed by atoms with Gasteiger partial charge >= 0.3 is 6.09 Å². The fourth-order valence-corrected chi connectivity index (χ4v) is 2.61. The van der Waals surface area contributed by atoms with Gasteiger partial charge in [0.25, 0.3) is 0 Å². The highest BCUT2D eigenvalue weighted by Gasteiger charge is 2.26. The molecule has 0 spiro atoms. The fraction of sp³-hybridized carbons (Fsp3) is 0.882. The lowest BCUT2D eigenvalue weighted by molar-refractivity contribution is -0.112. The zero-order valence-electron chi connectivity index (χ0n) is 13.9. The van der Waals surface area contributed by atoms with Gasteiger partial charge in [-0.05, 0) is 33.6 Å². The maximum atomic E-state index is 11.6. The third-order valence-electron chi connectivity index (χ3n) is 3.88. The summed E-state index contributed by atoms with van der Waals surface area (Å²) >= 11 is 0. The van der Waals surface area contributed by atoms with Gasteiger partial charge in [0, 0.05) is 19.0 Å². The summed E-state index contributed by atoms with van der Waals surface area (Å²) in [6.45, 7) is 6.80. The molecule has 4 nitrogen and oxygen atoms in total. The average Bonchev–Trinajstić information content (AvgIpc) is 2.48. The number of hydrogen-bond acceptors (Lipinski definition) is 3. The monoisotopic (exact) mass is 297 g/mol. The van der Waals surface area contributed by atoms with E-state index in [-0.39, 0.29) is 12.0 Å². The maximum Gasteiger partial charge on any atom is 0.410 e. The third kappa shape index (κ3) is 8.08. The molecule has 21 heavy (non-hydrogen) atoms. The second-order valence-corrected chi connectivity index (χ2v) is 7.06. The van der Waals surface area contributed by atoms with E-state index in [1.54, 1.807) is 4.90 Å². The van der Waals surface area contributed by atoms with Gasteiger partial charge in [-0.3, -0.25) is 0 Å². The lowest BCUT2D eigenvalue weighted by Crippen LogP contribution is -2.41. The molecule has 2 fully saturated rings. The molecule has 1 aliphatic carbocycles. The zero-order chi connectivity index (χ0) is 15.7. The SMILES string of the molecule is C1CCCCC1.CC(C)(C)OC(=O)N1CCC(C=O)CC1. The van der Waals surface area contributed by atoms with E-state index in [4.69, 9.17) is 4.74 Å². The number of nitrogens with zero attached hydrogens (tertiary/aromatic N) is 1. The van der Waals surface area contributed by atoms with Crippen LogP contribution in [0.15, 0.2) is 0 Å². The van der Waals surface area contributed by atoms with E-state index < -0.39 is 5.60 Å². The Kier molecular flexibility index (Phi) is 7.76. The highest BCUT2D eigenvalue weighted by atomic mass is 16.6.